The van der Waals surface area contributed by atoms with E-state index in [2.05, 4.69) is 15.9 Å². The molecular weight excluding hydrogens is 289 g/mol. The highest BCUT2D eigenvalue weighted by Crippen LogP contribution is 2.32. The van der Waals surface area contributed by atoms with Crippen LogP contribution >= 0.6 is 15.9 Å². The lowest BCUT2D eigenvalue weighted by molar-refractivity contribution is -0.121. The van der Waals surface area contributed by atoms with E-state index in [1.54, 1.807) is 6.07 Å². The van der Waals surface area contributed by atoms with E-state index >= 15 is 0 Å². The molecule has 17 heavy (non-hydrogen) atoms. The molecule has 0 aliphatic carbocycles. The maximum absolute atomic E-state index is 13.2. The molecule has 0 aromatic heterocycles. The highest BCUT2D eigenvalue weighted by atomic mass is 79.9. The first kappa shape index (κ1) is 12.2. The topological polar surface area (TPSA) is 72.4 Å². The normalized spacial score (nSPS) is 19.6. The zero-order chi connectivity index (χ0) is 12.6. The van der Waals surface area contributed by atoms with Gasteiger partial charge in [-0.1, -0.05) is 0 Å². The smallest absolute Gasteiger partial charge is 0.222 e. The van der Waals surface area contributed by atoms with Gasteiger partial charge in [-0.15, -0.1) is 0 Å². The van der Waals surface area contributed by atoms with Crippen LogP contribution in [0.15, 0.2) is 16.6 Å². The second-order valence-electron chi connectivity index (χ2n) is 4.16. The number of benzene rings is 1. The lowest BCUT2D eigenvalue weighted by Crippen LogP contribution is -2.27. The molecule has 1 fully saturated rings. The van der Waals surface area contributed by atoms with E-state index in [0.29, 0.717) is 29.7 Å². The van der Waals surface area contributed by atoms with Crippen molar-refractivity contribution in [2.24, 2.45) is 11.7 Å². The largest absolute Gasteiger partial charge is 0.397 e. The number of rotatable bonds is 2. The maximum Gasteiger partial charge on any atom is 0.222 e. The molecule has 1 heterocycles. The third-order valence-corrected chi connectivity index (χ3v) is 3.61. The van der Waals surface area contributed by atoms with E-state index in [4.69, 9.17) is 11.5 Å². The second-order valence-corrected chi connectivity index (χ2v) is 5.01. The molecule has 0 radical (unpaired) electrons. The summed E-state index contributed by atoms with van der Waals surface area (Å²) in [5.41, 5.74) is 12.1. The van der Waals surface area contributed by atoms with Crippen LogP contribution in [0.25, 0.3) is 0 Å². The van der Waals surface area contributed by atoms with E-state index in [9.17, 15) is 9.18 Å². The quantitative estimate of drug-likeness (QED) is 0.813. The molecule has 1 atom stereocenters. The molecule has 1 unspecified atom stereocenters. The average molecular weight is 302 g/mol. The van der Waals surface area contributed by atoms with Gasteiger partial charge in [0.1, 0.15) is 5.82 Å². The molecule has 0 bridgehead atoms. The molecule has 1 amide bonds. The molecule has 92 valence electrons. The lowest BCUT2D eigenvalue weighted by Gasteiger charge is -2.20. The number of hydrogen-bond acceptors (Lipinski definition) is 3. The summed E-state index contributed by atoms with van der Waals surface area (Å²) in [6, 6.07) is 2.91. The summed E-state index contributed by atoms with van der Waals surface area (Å²) >= 11 is 3.12. The van der Waals surface area contributed by atoms with Crippen molar-refractivity contribution in [2.45, 2.75) is 6.42 Å². The van der Waals surface area contributed by atoms with Crippen molar-refractivity contribution in [2.75, 3.05) is 23.7 Å². The molecule has 2 rings (SSSR count). The number of primary amides is 1. The molecule has 6 heteroatoms. The Morgan fingerprint density at radius 2 is 2.24 bits per heavy atom. The van der Waals surface area contributed by atoms with Gasteiger partial charge in [-0.3, -0.25) is 4.79 Å². The number of carbonyl (C=O) groups is 1. The molecule has 0 spiro atoms. The Labute approximate surface area is 107 Å². The van der Waals surface area contributed by atoms with E-state index in [0.717, 1.165) is 5.69 Å². The van der Waals surface area contributed by atoms with Crippen LogP contribution in [-0.2, 0) is 4.79 Å². The van der Waals surface area contributed by atoms with Gasteiger partial charge < -0.3 is 16.4 Å². The highest BCUT2D eigenvalue weighted by Gasteiger charge is 2.28. The molecule has 4 N–H and O–H groups in total. The van der Waals surface area contributed by atoms with Gasteiger partial charge in [-0.25, -0.2) is 4.39 Å². The number of anilines is 2. The van der Waals surface area contributed by atoms with Crippen molar-refractivity contribution in [3.05, 3.63) is 22.4 Å². The van der Waals surface area contributed by atoms with Crippen LogP contribution in [-0.4, -0.2) is 19.0 Å². The van der Waals surface area contributed by atoms with Crippen molar-refractivity contribution >= 4 is 33.2 Å². The Hall–Kier alpha value is -1.30. The standard InChI is InChI=1S/C11H13BrFN3O/c12-7-3-10(9(14)4-8(7)13)16-2-1-6(5-16)11(15)17/h3-4,6H,1-2,5,14H2,(H2,15,17). The van der Waals surface area contributed by atoms with Gasteiger partial charge in [0, 0.05) is 19.2 Å². The molecule has 4 nitrogen and oxygen atoms in total. The van der Waals surface area contributed by atoms with Gasteiger partial charge in [-0.05, 0) is 28.4 Å². The zero-order valence-corrected chi connectivity index (χ0v) is 10.7. The molecule has 1 aliphatic rings. The third kappa shape index (κ3) is 2.36. The number of nitrogen functional groups attached to an aromatic ring is 1. The van der Waals surface area contributed by atoms with E-state index < -0.39 is 5.82 Å². The molecular formula is C11H13BrFN3O. The summed E-state index contributed by atoms with van der Waals surface area (Å²) in [4.78, 5) is 13.0. The SMILES string of the molecule is NC(=O)C1CCN(c2cc(Br)c(F)cc2N)C1. The summed E-state index contributed by atoms with van der Waals surface area (Å²) < 4.78 is 13.6. The van der Waals surface area contributed by atoms with Crippen molar-refractivity contribution in [3.63, 3.8) is 0 Å². The van der Waals surface area contributed by atoms with Gasteiger partial charge in [0.15, 0.2) is 0 Å². The molecule has 1 aromatic carbocycles. The fraction of sp³-hybridized carbons (Fsp3) is 0.364. The Kier molecular flexibility index (Phi) is 3.24. The fourth-order valence-corrected chi connectivity index (χ4v) is 2.37. The summed E-state index contributed by atoms with van der Waals surface area (Å²) in [5.74, 6) is -0.845. The number of nitrogens with two attached hydrogens (primary N) is 2. The number of nitrogens with zero attached hydrogens (tertiary/aromatic N) is 1. The van der Waals surface area contributed by atoms with Crippen molar-refractivity contribution < 1.29 is 9.18 Å². The predicted octanol–water partition coefficient (Wildman–Crippen LogP) is 1.48. The lowest BCUT2D eigenvalue weighted by atomic mass is 10.1. The summed E-state index contributed by atoms with van der Waals surface area (Å²) in [6.45, 7) is 1.24. The van der Waals surface area contributed by atoms with Crippen LogP contribution in [0.3, 0.4) is 0 Å². The van der Waals surface area contributed by atoms with E-state index in [-0.39, 0.29) is 11.8 Å². The first-order valence-electron chi connectivity index (χ1n) is 5.28. The number of amides is 1. The predicted molar refractivity (Wildman–Crippen MR) is 68.0 cm³/mol. The van der Waals surface area contributed by atoms with E-state index in [1.165, 1.54) is 6.07 Å². The number of halogens is 2. The van der Waals surface area contributed by atoms with Gasteiger partial charge >= 0.3 is 0 Å². The van der Waals surface area contributed by atoms with Crippen LogP contribution in [0.5, 0.6) is 0 Å². The fourth-order valence-electron chi connectivity index (χ4n) is 2.04. The zero-order valence-electron chi connectivity index (χ0n) is 9.12. The Bertz CT molecular complexity index is 466. The van der Waals surface area contributed by atoms with Crippen LogP contribution in [0.4, 0.5) is 15.8 Å². The van der Waals surface area contributed by atoms with E-state index in [1.807, 2.05) is 4.90 Å². The van der Waals surface area contributed by atoms with Crippen LogP contribution in [0.1, 0.15) is 6.42 Å². The minimum atomic E-state index is -0.392. The molecule has 1 saturated heterocycles. The minimum absolute atomic E-state index is 0.154. The first-order valence-corrected chi connectivity index (χ1v) is 6.07. The monoisotopic (exact) mass is 301 g/mol. The molecule has 0 saturated carbocycles. The molecule has 1 aliphatic heterocycles. The van der Waals surface area contributed by atoms with Crippen molar-refractivity contribution in [1.82, 2.24) is 0 Å². The first-order chi connectivity index (χ1) is 7.99. The minimum Gasteiger partial charge on any atom is -0.397 e. The summed E-state index contributed by atoms with van der Waals surface area (Å²) in [6.07, 6.45) is 0.712. The van der Waals surface area contributed by atoms with Gasteiger partial charge in [0.05, 0.1) is 21.8 Å². The summed E-state index contributed by atoms with van der Waals surface area (Å²) in [7, 11) is 0. The average Bonchev–Trinajstić information content (AvgIpc) is 2.72. The summed E-state index contributed by atoms with van der Waals surface area (Å²) in [5, 5.41) is 0. The van der Waals surface area contributed by atoms with Crippen molar-refractivity contribution in [1.29, 1.82) is 0 Å². The van der Waals surface area contributed by atoms with Gasteiger partial charge in [0.25, 0.3) is 0 Å². The number of hydrogen-bond donors (Lipinski definition) is 2. The maximum atomic E-state index is 13.2. The van der Waals surface area contributed by atoms with Crippen molar-refractivity contribution in [3.8, 4) is 0 Å². The highest BCUT2D eigenvalue weighted by molar-refractivity contribution is 9.10. The van der Waals surface area contributed by atoms with Crippen LogP contribution in [0, 0.1) is 11.7 Å². The van der Waals surface area contributed by atoms with Gasteiger partial charge in [0.2, 0.25) is 5.91 Å². The Morgan fingerprint density at radius 1 is 1.53 bits per heavy atom. The second kappa shape index (κ2) is 4.52. The Morgan fingerprint density at radius 3 is 2.82 bits per heavy atom. The third-order valence-electron chi connectivity index (χ3n) is 3.00. The van der Waals surface area contributed by atoms with Gasteiger partial charge in [-0.2, -0.15) is 0 Å². The molecule has 1 aromatic rings. The van der Waals surface area contributed by atoms with Crippen LogP contribution in [0.2, 0.25) is 0 Å². The number of carbonyl (C=O) groups excluding carboxylic acids is 1. The van der Waals surface area contributed by atoms with Crippen LogP contribution < -0.4 is 16.4 Å². The Balaban J connectivity index is 2.24.